The third-order valence-corrected chi connectivity index (χ3v) is 5.85. The van der Waals surface area contributed by atoms with E-state index in [9.17, 15) is 19.2 Å². The number of carbonyl (C=O) groups excluding carboxylic acids is 2. The van der Waals surface area contributed by atoms with E-state index in [4.69, 9.17) is 4.74 Å². The summed E-state index contributed by atoms with van der Waals surface area (Å²) in [6.07, 6.45) is 0.0758. The predicted molar refractivity (Wildman–Crippen MR) is 139 cm³/mol. The van der Waals surface area contributed by atoms with E-state index in [1.165, 1.54) is 4.57 Å². The number of hydrogen-bond donors (Lipinski definition) is 3. The van der Waals surface area contributed by atoms with Crippen molar-refractivity contribution >= 4 is 39.5 Å². The number of para-hydroxylation sites is 1. The fourth-order valence-corrected chi connectivity index (χ4v) is 4.05. The number of imidazole rings is 1. The van der Waals surface area contributed by atoms with Crippen LogP contribution < -0.4 is 16.6 Å². The van der Waals surface area contributed by atoms with Gasteiger partial charge in [0.05, 0.1) is 34.0 Å². The normalized spacial score (nSPS) is 11.1. The molecule has 0 saturated heterocycles. The molecule has 1 amide bonds. The van der Waals surface area contributed by atoms with Crippen LogP contribution in [0.4, 0.5) is 5.69 Å². The molecule has 0 atom stereocenters. The van der Waals surface area contributed by atoms with Crippen LogP contribution in [0.15, 0.2) is 76.3 Å². The van der Waals surface area contributed by atoms with Gasteiger partial charge in [0, 0.05) is 12.1 Å². The predicted octanol–water partition coefficient (Wildman–Crippen LogP) is 2.98. The van der Waals surface area contributed by atoms with Gasteiger partial charge in [-0.1, -0.05) is 29.8 Å². The van der Waals surface area contributed by atoms with E-state index in [2.05, 4.69) is 20.3 Å². The molecule has 0 aliphatic carbocycles. The number of anilines is 1. The summed E-state index contributed by atoms with van der Waals surface area (Å²) in [6, 6.07) is 19.4. The molecule has 5 rings (SSSR count). The van der Waals surface area contributed by atoms with Gasteiger partial charge in [0.2, 0.25) is 0 Å². The Labute approximate surface area is 209 Å². The van der Waals surface area contributed by atoms with Crippen LogP contribution in [0.25, 0.3) is 27.6 Å². The fourth-order valence-electron chi connectivity index (χ4n) is 4.05. The largest absolute Gasteiger partial charge is 0.456 e. The average Bonchev–Trinajstić information content (AvgIpc) is 3.26. The molecule has 3 aromatic carbocycles. The first-order valence-electron chi connectivity index (χ1n) is 11.6. The zero-order chi connectivity index (χ0) is 25.9. The minimum atomic E-state index is -0.599. The van der Waals surface area contributed by atoms with E-state index >= 15 is 0 Å². The Balaban J connectivity index is 1.26. The molecule has 0 aliphatic rings. The number of fused-ring (bicyclic) bond motifs is 2. The molecule has 5 aromatic rings. The first-order chi connectivity index (χ1) is 17.9. The molecule has 0 unspecified atom stereocenters. The standard InChI is InChI=1S/C27H23N5O5/c1-16-6-9-18(10-7-16)32-23(29-20-5-3-2-4-19(20)26(32)35)12-13-25(34)37-15-24(33)28-17-8-11-21-22(14-17)31-27(36)30-21/h2-11,14H,12-13,15H2,1H3,(H,28,33)(H2,30,31,36). The van der Waals surface area contributed by atoms with Gasteiger partial charge in [-0.25, -0.2) is 9.78 Å². The van der Waals surface area contributed by atoms with Gasteiger partial charge in [0.15, 0.2) is 6.61 Å². The van der Waals surface area contributed by atoms with Crippen molar-refractivity contribution in [1.82, 2.24) is 19.5 Å². The van der Waals surface area contributed by atoms with Crippen molar-refractivity contribution in [2.45, 2.75) is 19.8 Å². The molecular weight excluding hydrogens is 474 g/mol. The first-order valence-corrected chi connectivity index (χ1v) is 11.6. The minimum Gasteiger partial charge on any atom is -0.456 e. The van der Waals surface area contributed by atoms with Gasteiger partial charge >= 0.3 is 11.7 Å². The third kappa shape index (κ3) is 5.18. The van der Waals surface area contributed by atoms with Crippen molar-refractivity contribution in [2.75, 3.05) is 11.9 Å². The highest BCUT2D eigenvalue weighted by molar-refractivity contribution is 5.94. The van der Waals surface area contributed by atoms with Crippen LogP contribution in [-0.4, -0.2) is 38.0 Å². The molecule has 3 N–H and O–H groups in total. The van der Waals surface area contributed by atoms with Crippen molar-refractivity contribution < 1.29 is 14.3 Å². The summed E-state index contributed by atoms with van der Waals surface area (Å²) in [6.45, 7) is 1.48. The summed E-state index contributed by atoms with van der Waals surface area (Å²) >= 11 is 0. The molecule has 0 spiro atoms. The molecule has 2 heterocycles. The van der Waals surface area contributed by atoms with E-state index in [-0.39, 0.29) is 24.1 Å². The number of aromatic nitrogens is 4. The Morgan fingerprint density at radius 3 is 2.54 bits per heavy atom. The number of aromatic amines is 2. The number of nitrogens with zero attached hydrogens (tertiary/aromatic N) is 2. The Hall–Kier alpha value is -4.99. The lowest BCUT2D eigenvalue weighted by Gasteiger charge is -2.14. The van der Waals surface area contributed by atoms with E-state index < -0.39 is 18.5 Å². The van der Waals surface area contributed by atoms with Crippen LogP contribution in [0.5, 0.6) is 0 Å². The number of nitrogens with one attached hydrogen (secondary N) is 3. The van der Waals surface area contributed by atoms with E-state index in [1.54, 1.807) is 42.5 Å². The maximum Gasteiger partial charge on any atom is 0.323 e. The Morgan fingerprint density at radius 2 is 1.73 bits per heavy atom. The van der Waals surface area contributed by atoms with Gasteiger partial charge in [0.1, 0.15) is 5.82 Å². The topological polar surface area (TPSA) is 139 Å². The second-order valence-electron chi connectivity index (χ2n) is 8.57. The summed E-state index contributed by atoms with van der Waals surface area (Å²) < 4.78 is 6.64. The maximum atomic E-state index is 13.3. The number of carbonyl (C=O) groups is 2. The number of aryl methyl sites for hydroxylation is 2. The number of rotatable bonds is 7. The molecule has 2 aromatic heterocycles. The van der Waals surface area contributed by atoms with Gasteiger partial charge in [-0.3, -0.25) is 19.0 Å². The molecule has 37 heavy (non-hydrogen) atoms. The van der Waals surface area contributed by atoms with Crippen LogP contribution in [0, 0.1) is 6.92 Å². The van der Waals surface area contributed by atoms with Gasteiger partial charge in [-0.15, -0.1) is 0 Å². The molecule has 0 fully saturated rings. The van der Waals surface area contributed by atoms with Crippen molar-refractivity contribution in [3.63, 3.8) is 0 Å². The second-order valence-corrected chi connectivity index (χ2v) is 8.57. The smallest absolute Gasteiger partial charge is 0.323 e. The summed E-state index contributed by atoms with van der Waals surface area (Å²) in [5.74, 6) is -0.702. The molecule has 0 radical (unpaired) electrons. The lowest BCUT2D eigenvalue weighted by Crippen LogP contribution is -2.25. The molecule has 10 heteroatoms. The molecule has 0 saturated carbocycles. The number of hydrogen-bond acceptors (Lipinski definition) is 6. The van der Waals surface area contributed by atoms with Gasteiger partial charge in [-0.05, 0) is 49.4 Å². The zero-order valence-corrected chi connectivity index (χ0v) is 19.9. The Morgan fingerprint density at radius 1 is 0.973 bits per heavy atom. The lowest BCUT2D eigenvalue weighted by atomic mass is 10.2. The van der Waals surface area contributed by atoms with E-state index in [0.29, 0.717) is 39.1 Å². The highest BCUT2D eigenvalue weighted by atomic mass is 16.5. The molecule has 0 bridgehead atoms. The van der Waals surface area contributed by atoms with Crippen molar-refractivity contribution in [2.24, 2.45) is 0 Å². The summed E-state index contributed by atoms with van der Waals surface area (Å²) in [7, 11) is 0. The van der Waals surface area contributed by atoms with Crippen LogP contribution in [0.2, 0.25) is 0 Å². The van der Waals surface area contributed by atoms with Crippen LogP contribution in [-0.2, 0) is 20.7 Å². The number of H-pyrrole nitrogens is 2. The quantitative estimate of drug-likeness (QED) is 0.296. The number of amides is 1. The average molecular weight is 498 g/mol. The first kappa shape index (κ1) is 23.7. The second kappa shape index (κ2) is 9.94. The summed E-state index contributed by atoms with van der Waals surface area (Å²) in [4.78, 5) is 59.2. The van der Waals surface area contributed by atoms with Crippen LogP contribution in [0.3, 0.4) is 0 Å². The minimum absolute atomic E-state index is 0.0690. The van der Waals surface area contributed by atoms with E-state index in [1.807, 2.05) is 31.2 Å². The van der Waals surface area contributed by atoms with Gasteiger partial charge < -0.3 is 20.0 Å². The third-order valence-electron chi connectivity index (χ3n) is 5.85. The van der Waals surface area contributed by atoms with Crippen LogP contribution >= 0.6 is 0 Å². The van der Waals surface area contributed by atoms with Crippen molar-refractivity contribution in [1.29, 1.82) is 0 Å². The highest BCUT2D eigenvalue weighted by Crippen LogP contribution is 2.16. The van der Waals surface area contributed by atoms with Crippen molar-refractivity contribution in [3.8, 4) is 5.69 Å². The molecule has 186 valence electrons. The monoisotopic (exact) mass is 497 g/mol. The van der Waals surface area contributed by atoms with E-state index in [0.717, 1.165) is 5.56 Å². The SMILES string of the molecule is Cc1ccc(-n2c(CCC(=O)OCC(=O)Nc3ccc4[nH]c(=O)[nH]c4c3)nc3ccccc3c2=O)cc1. The molecule has 10 nitrogen and oxygen atoms in total. The highest BCUT2D eigenvalue weighted by Gasteiger charge is 2.15. The van der Waals surface area contributed by atoms with Gasteiger partial charge in [0.25, 0.3) is 11.5 Å². The number of ether oxygens (including phenoxy) is 1. The maximum absolute atomic E-state index is 13.3. The summed E-state index contributed by atoms with van der Waals surface area (Å²) in [5, 5.41) is 3.10. The Kier molecular flexibility index (Phi) is 6.38. The van der Waals surface area contributed by atoms with Gasteiger partial charge in [-0.2, -0.15) is 0 Å². The molecule has 0 aliphatic heterocycles. The summed E-state index contributed by atoms with van der Waals surface area (Å²) in [5.41, 5.74) is 3.28. The fraction of sp³-hybridized carbons (Fsp3) is 0.148. The number of esters is 1. The van der Waals surface area contributed by atoms with Crippen LogP contribution in [0.1, 0.15) is 17.8 Å². The molecular formula is C27H23N5O5. The number of benzene rings is 3. The Bertz CT molecular complexity index is 1750. The zero-order valence-electron chi connectivity index (χ0n) is 19.9. The lowest BCUT2D eigenvalue weighted by molar-refractivity contribution is -0.147. The van der Waals surface area contributed by atoms with Crippen molar-refractivity contribution in [3.05, 3.63) is 99.0 Å².